The van der Waals surface area contributed by atoms with E-state index in [4.69, 9.17) is 4.74 Å². The van der Waals surface area contributed by atoms with E-state index in [2.05, 4.69) is 10.1 Å². The van der Waals surface area contributed by atoms with Crippen molar-refractivity contribution >= 4 is 0 Å². The third-order valence-electron chi connectivity index (χ3n) is 3.26. The highest BCUT2D eigenvalue weighted by Gasteiger charge is 2.13. The quantitative estimate of drug-likeness (QED) is 0.851. The summed E-state index contributed by atoms with van der Waals surface area (Å²) in [4.78, 5) is 4.21. The van der Waals surface area contributed by atoms with Gasteiger partial charge in [-0.3, -0.25) is 0 Å². The number of hydrogen-bond donors (Lipinski definition) is 1. The van der Waals surface area contributed by atoms with Crippen molar-refractivity contribution in [1.82, 2.24) is 14.8 Å². The number of ether oxygens (including phenoxy) is 1. The molecule has 0 saturated carbocycles. The second-order valence-electron chi connectivity index (χ2n) is 5.53. The van der Waals surface area contributed by atoms with Crippen molar-refractivity contribution < 1.29 is 9.84 Å². The molecule has 1 aromatic carbocycles. The Hall–Kier alpha value is -1.88. The molecule has 2 rings (SSSR count). The second kappa shape index (κ2) is 7.22. The monoisotopic (exact) mass is 289 g/mol. The Morgan fingerprint density at radius 2 is 2.14 bits per heavy atom. The Bertz CT molecular complexity index is 566. The largest absolute Gasteiger partial charge is 0.493 e. The van der Waals surface area contributed by atoms with E-state index in [1.165, 1.54) is 6.33 Å². The molecule has 0 amide bonds. The van der Waals surface area contributed by atoms with E-state index < -0.39 is 6.10 Å². The minimum Gasteiger partial charge on any atom is -0.493 e. The molecule has 5 heteroatoms. The van der Waals surface area contributed by atoms with Gasteiger partial charge in [0.1, 0.15) is 17.9 Å². The number of nitrogens with zero attached hydrogens (tertiary/aromatic N) is 3. The smallest absolute Gasteiger partial charge is 0.138 e. The van der Waals surface area contributed by atoms with Crippen LogP contribution in [0.2, 0.25) is 0 Å². The molecule has 5 nitrogen and oxygen atoms in total. The molecule has 114 valence electrons. The summed E-state index contributed by atoms with van der Waals surface area (Å²) in [6, 6.07) is 8.15. The Morgan fingerprint density at radius 3 is 2.86 bits per heavy atom. The normalized spacial score (nSPS) is 12.6. The summed E-state index contributed by atoms with van der Waals surface area (Å²) >= 11 is 0. The van der Waals surface area contributed by atoms with E-state index >= 15 is 0 Å². The lowest BCUT2D eigenvalue weighted by atomic mass is 10.2. The van der Waals surface area contributed by atoms with Gasteiger partial charge in [0.05, 0.1) is 12.7 Å². The lowest BCUT2D eigenvalue weighted by Crippen LogP contribution is -2.19. The molecule has 0 aliphatic heterocycles. The number of aliphatic hydroxyl groups excluding tert-OH is 1. The average Bonchev–Trinajstić information content (AvgIpc) is 2.87. The molecule has 2 aromatic rings. The van der Waals surface area contributed by atoms with Crippen molar-refractivity contribution in [3.05, 3.63) is 42.0 Å². The van der Waals surface area contributed by atoms with Gasteiger partial charge in [-0.25, -0.2) is 9.67 Å². The molecular formula is C16H23N3O2. The molecule has 0 saturated heterocycles. The number of hydrogen-bond acceptors (Lipinski definition) is 4. The maximum absolute atomic E-state index is 10.1. The van der Waals surface area contributed by atoms with Gasteiger partial charge in [-0.1, -0.05) is 12.1 Å². The number of aliphatic hydroxyl groups is 1. The van der Waals surface area contributed by atoms with Crippen LogP contribution in [0, 0.1) is 6.92 Å². The first-order valence-corrected chi connectivity index (χ1v) is 7.32. The van der Waals surface area contributed by atoms with Gasteiger partial charge in [0.2, 0.25) is 0 Å². The van der Waals surface area contributed by atoms with Crippen LogP contribution in [-0.4, -0.2) is 32.6 Å². The van der Waals surface area contributed by atoms with Crippen LogP contribution >= 0.6 is 0 Å². The van der Waals surface area contributed by atoms with Gasteiger partial charge < -0.3 is 9.84 Å². The van der Waals surface area contributed by atoms with E-state index in [0.29, 0.717) is 19.4 Å². The molecule has 1 N–H and O–H groups in total. The van der Waals surface area contributed by atoms with Crippen molar-refractivity contribution in [1.29, 1.82) is 0 Å². The fraction of sp³-hybridized carbons (Fsp3) is 0.500. The molecule has 0 fully saturated rings. The summed E-state index contributed by atoms with van der Waals surface area (Å²) in [5.41, 5.74) is 1.16. The summed E-state index contributed by atoms with van der Waals surface area (Å²) in [7, 11) is 0. The highest BCUT2D eigenvalue weighted by atomic mass is 16.5. The highest BCUT2D eigenvalue weighted by Crippen LogP contribution is 2.13. The predicted octanol–water partition coefficient (Wildman–Crippen LogP) is 2.54. The molecule has 0 aliphatic carbocycles. The number of rotatable bonds is 7. The van der Waals surface area contributed by atoms with Crippen molar-refractivity contribution in [3.8, 4) is 5.75 Å². The minimum atomic E-state index is -0.475. The van der Waals surface area contributed by atoms with E-state index in [0.717, 1.165) is 17.1 Å². The van der Waals surface area contributed by atoms with Crippen LogP contribution in [0.5, 0.6) is 5.75 Å². The summed E-state index contributed by atoms with van der Waals surface area (Å²) in [6.45, 7) is 6.61. The van der Waals surface area contributed by atoms with Crippen LogP contribution in [0.15, 0.2) is 30.6 Å². The minimum absolute atomic E-state index is 0.248. The van der Waals surface area contributed by atoms with E-state index in [-0.39, 0.29) is 6.04 Å². The highest BCUT2D eigenvalue weighted by molar-refractivity contribution is 5.27. The standard InChI is InChI=1S/C16H23N3O2/c1-12(2)19-16(17-11-18-19)10-14(20)7-8-21-15-6-4-5-13(3)9-15/h4-6,9,11-12,14,20H,7-8,10H2,1-3H3. The molecular weight excluding hydrogens is 266 g/mol. The maximum atomic E-state index is 10.1. The van der Waals surface area contributed by atoms with Crippen LogP contribution < -0.4 is 4.74 Å². The number of aromatic nitrogens is 3. The zero-order valence-electron chi connectivity index (χ0n) is 12.9. The topological polar surface area (TPSA) is 60.2 Å². The molecule has 0 spiro atoms. The molecule has 1 aromatic heterocycles. The fourth-order valence-corrected chi connectivity index (χ4v) is 2.18. The van der Waals surface area contributed by atoms with Crippen LogP contribution in [0.1, 0.15) is 37.7 Å². The molecule has 1 heterocycles. The third kappa shape index (κ3) is 4.56. The van der Waals surface area contributed by atoms with Crippen molar-refractivity contribution in [3.63, 3.8) is 0 Å². The molecule has 1 unspecified atom stereocenters. The van der Waals surface area contributed by atoms with Crippen molar-refractivity contribution in [2.75, 3.05) is 6.61 Å². The van der Waals surface area contributed by atoms with Gasteiger partial charge in [-0.05, 0) is 38.5 Å². The summed E-state index contributed by atoms with van der Waals surface area (Å²) in [6.07, 6.45) is 2.12. The maximum Gasteiger partial charge on any atom is 0.138 e. The van der Waals surface area contributed by atoms with Crippen LogP contribution in [0.3, 0.4) is 0 Å². The Kier molecular flexibility index (Phi) is 5.33. The first kappa shape index (κ1) is 15.5. The van der Waals surface area contributed by atoms with Crippen LogP contribution in [0.4, 0.5) is 0 Å². The predicted molar refractivity (Wildman–Crippen MR) is 81.4 cm³/mol. The molecule has 0 bridgehead atoms. The summed E-state index contributed by atoms with van der Waals surface area (Å²) < 4.78 is 7.49. The van der Waals surface area contributed by atoms with E-state index in [9.17, 15) is 5.11 Å². The van der Waals surface area contributed by atoms with Crippen LogP contribution in [-0.2, 0) is 6.42 Å². The van der Waals surface area contributed by atoms with Gasteiger partial charge in [0.25, 0.3) is 0 Å². The van der Waals surface area contributed by atoms with Crippen molar-refractivity contribution in [2.24, 2.45) is 0 Å². The van der Waals surface area contributed by atoms with Crippen LogP contribution in [0.25, 0.3) is 0 Å². The Labute approximate surface area is 125 Å². The van der Waals surface area contributed by atoms with Gasteiger partial charge in [0, 0.05) is 18.9 Å². The Balaban J connectivity index is 1.79. The lowest BCUT2D eigenvalue weighted by molar-refractivity contribution is 0.135. The summed E-state index contributed by atoms with van der Waals surface area (Å²) in [5, 5.41) is 14.3. The lowest BCUT2D eigenvalue weighted by Gasteiger charge is -2.14. The van der Waals surface area contributed by atoms with Gasteiger partial charge in [0.15, 0.2) is 0 Å². The first-order valence-electron chi connectivity index (χ1n) is 7.32. The molecule has 21 heavy (non-hydrogen) atoms. The number of benzene rings is 1. The summed E-state index contributed by atoms with van der Waals surface area (Å²) in [5.74, 6) is 1.65. The second-order valence-corrected chi connectivity index (χ2v) is 5.53. The molecule has 0 radical (unpaired) electrons. The molecule has 1 atom stereocenters. The number of aryl methyl sites for hydroxylation is 1. The van der Waals surface area contributed by atoms with Gasteiger partial charge >= 0.3 is 0 Å². The van der Waals surface area contributed by atoms with E-state index in [1.807, 2.05) is 49.7 Å². The van der Waals surface area contributed by atoms with E-state index in [1.54, 1.807) is 0 Å². The Morgan fingerprint density at radius 1 is 1.33 bits per heavy atom. The molecule has 0 aliphatic rings. The van der Waals surface area contributed by atoms with Gasteiger partial charge in [-0.2, -0.15) is 5.10 Å². The van der Waals surface area contributed by atoms with Crippen molar-refractivity contribution in [2.45, 2.75) is 45.8 Å². The SMILES string of the molecule is Cc1cccc(OCCC(O)Cc2ncnn2C(C)C)c1. The first-order chi connectivity index (χ1) is 10.1. The zero-order chi connectivity index (χ0) is 15.2. The average molecular weight is 289 g/mol. The zero-order valence-corrected chi connectivity index (χ0v) is 12.9. The third-order valence-corrected chi connectivity index (χ3v) is 3.26. The van der Waals surface area contributed by atoms with Gasteiger partial charge in [-0.15, -0.1) is 0 Å². The fourth-order valence-electron chi connectivity index (χ4n) is 2.18.